The minimum absolute atomic E-state index is 0.310. The van der Waals surface area contributed by atoms with Crippen LogP contribution in [0.25, 0.3) is 0 Å². The maximum Gasteiger partial charge on any atom is 0.0781 e. The van der Waals surface area contributed by atoms with Gasteiger partial charge in [-0.3, -0.25) is 0 Å². The SMILES string of the molecule is CC(O)(CN)Cc1ccc2c(c1)CCC2. The predicted molar refractivity (Wildman–Crippen MR) is 61.8 cm³/mol. The van der Waals surface area contributed by atoms with Crippen molar-refractivity contribution in [3.05, 3.63) is 34.9 Å². The summed E-state index contributed by atoms with van der Waals surface area (Å²) < 4.78 is 0. The van der Waals surface area contributed by atoms with Crippen molar-refractivity contribution in [2.75, 3.05) is 6.54 Å². The first kappa shape index (κ1) is 10.7. The van der Waals surface area contributed by atoms with Crippen molar-refractivity contribution in [1.82, 2.24) is 0 Å². The molecule has 15 heavy (non-hydrogen) atoms. The third kappa shape index (κ3) is 2.39. The number of fused-ring (bicyclic) bond motifs is 1. The van der Waals surface area contributed by atoms with Crippen LogP contribution >= 0.6 is 0 Å². The predicted octanol–water partition coefficient (Wildman–Crippen LogP) is 1.43. The van der Waals surface area contributed by atoms with Gasteiger partial charge in [0.2, 0.25) is 0 Å². The van der Waals surface area contributed by atoms with Crippen molar-refractivity contribution in [2.45, 2.75) is 38.2 Å². The van der Waals surface area contributed by atoms with Gasteiger partial charge in [0, 0.05) is 13.0 Å². The summed E-state index contributed by atoms with van der Waals surface area (Å²) in [6.07, 6.45) is 4.32. The molecule has 1 aliphatic carbocycles. The van der Waals surface area contributed by atoms with Crippen molar-refractivity contribution < 1.29 is 5.11 Å². The Morgan fingerprint density at radius 1 is 1.33 bits per heavy atom. The minimum atomic E-state index is -0.771. The molecule has 82 valence electrons. The largest absolute Gasteiger partial charge is 0.389 e. The molecule has 0 aromatic heterocycles. The first-order chi connectivity index (χ1) is 7.11. The smallest absolute Gasteiger partial charge is 0.0781 e. The van der Waals surface area contributed by atoms with Crippen LogP contribution < -0.4 is 5.73 Å². The van der Waals surface area contributed by atoms with Crippen LogP contribution in [0.1, 0.15) is 30.0 Å². The molecule has 2 heteroatoms. The molecular formula is C13H19NO. The zero-order chi connectivity index (χ0) is 10.9. The molecule has 0 aliphatic heterocycles. The van der Waals surface area contributed by atoms with E-state index in [1.165, 1.54) is 36.0 Å². The molecule has 0 radical (unpaired) electrons. The van der Waals surface area contributed by atoms with Crippen LogP contribution in [0.4, 0.5) is 0 Å². The van der Waals surface area contributed by atoms with Gasteiger partial charge in [-0.2, -0.15) is 0 Å². The minimum Gasteiger partial charge on any atom is -0.389 e. The summed E-state index contributed by atoms with van der Waals surface area (Å²) in [4.78, 5) is 0. The molecular weight excluding hydrogens is 186 g/mol. The highest BCUT2D eigenvalue weighted by Gasteiger charge is 2.19. The normalized spacial score (nSPS) is 18.6. The van der Waals surface area contributed by atoms with Gasteiger partial charge in [-0.1, -0.05) is 18.2 Å². The molecule has 1 atom stereocenters. The van der Waals surface area contributed by atoms with Crippen molar-refractivity contribution in [1.29, 1.82) is 0 Å². The Balaban J connectivity index is 2.17. The van der Waals surface area contributed by atoms with Crippen LogP contribution in [-0.2, 0) is 19.3 Å². The highest BCUT2D eigenvalue weighted by molar-refractivity contribution is 5.35. The molecule has 0 saturated carbocycles. The van der Waals surface area contributed by atoms with Gasteiger partial charge in [-0.15, -0.1) is 0 Å². The van der Waals surface area contributed by atoms with Crippen molar-refractivity contribution in [3.8, 4) is 0 Å². The van der Waals surface area contributed by atoms with Gasteiger partial charge in [0.25, 0.3) is 0 Å². The highest BCUT2D eigenvalue weighted by Crippen LogP contribution is 2.24. The first-order valence-electron chi connectivity index (χ1n) is 5.64. The number of benzene rings is 1. The van der Waals surface area contributed by atoms with Gasteiger partial charge in [-0.05, 0) is 42.9 Å². The van der Waals surface area contributed by atoms with Gasteiger partial charge in [0.15, 0.2) is 0 Å². The van der Waals surface area contributed by atoms with Gasteiger partial charge in [0.05, 0.1) is 5.60 Å². The summed E-state index contributed by atoms with van der Waals surface area (Å²) in [7, 11) is 0. The molecule has 1 aromatic carbocycles. The van der Waals surface area contributed by atoms with Gasteiger partial charge in [0.1, 0.15) is 0 Å². The molecule has 0 saturated heterocycles. The summed E-state index contributed by atoms with van der Waals surface area (Å²) >= 11 is 0. The Morgan fingerprint density at radius 2 is 2.07 bits per heavy atom. The van der Waals surface area contributed by atoms with E-state index in [0.717, 1.165) is 0 Å². The zero-order valence-electron chi connectivity index (χ0n) is 9.29. The number of rotatable bonds is 3. The molecule has 0 spiro atoms. The average molecular weight is 205 g/mol. The fourth-order valence-electron chi connectivity index (χ4n) is 2.25. The Hall–Kier alpha value is -0.860. The maximum absolute atomic E-state index is 9.90. The summed E-state index contributed by atoms with van der Waals surface area (Å²) in [5, 5.41) is 9.90. The van der Waals surface area contributed by atoms with Crippen LogP contribution in [-0.4, -0.2) is 17.3 Å². The summed E-state index contributed by atoms with van der Waals surface area (Å²) in [5.41, 5.74) is 8.88. The van der Waals surface area contributed by atoms with E-state index in [4.69, 9.17) is 5.73 Å². The first-order valence-corrected chi connectivity index (χ1v) is 5.64. The average Bonchev–Trinajstić information content (AvgIpc) is 2.64. The molecule has 0 amide bonds. The Kier molecular flexibility index (Phi) is 2.81. The Labute approximate surface area is 91.1 Å². The summed E-state index contributed by atoms with van der Waals surface area (Å²) in [6.45, 7) is 2.10. The lowest BCUT2D eigenvalue weighted by Gasteiger charge is -2.21. The molecule has 1 aliphatic rings. The standard InChI is InChI=1S/C13H19NO/c1-13(15,9-14)8-10-5-6-11-3-2-4-12(11)7-10/h5-7,15H,2-4,8-9,14H2,1H3. The number of nitrogens with two attached hydrogens (primary N) is 1. The number of aryl methyl sites for hydroxylation is 2. The molecule has 2 rings (SSSR count). The van der Waals surface area contributed by atoms with Crippen molar-refractivity contribution >= 4 is 0 Å². The lowest BCUT2D eigenvalue weighted by atomic mass is 9.94. The quantitative estimate of drug-likeness (QED) is 0.784. The molecule has 0 heterocycles. The van der Waals surface area contributed by atoms with Crippen LogP contribution in [0.3, 0.4) is 0 Å². The van der Waals surface area contributed by atoms with E-state index in [1.807, 2.05) is 0 Å². The van der Waals surface area contributed by atoms with E-state index >= 15 is 0 Å². The topological polar surface area (TPSA) is 46.2 Å². The number of hydrogen-bond donors (Lipinski definition) is 2. The van der Waals surface area contributed by atoms with Crippen LogP contribution in [0, 0.1) is 0 Å². The molecule has 3 N–H and O–H groups in total. The second kappa shape index (κ2) is 3.95. The molecule has 2 nitrogen and oxygen atoms in total. The van der Waals surface area contributed by atoms with E-state index in [2.05, 4.69) is 18.2 Å². The van der Waals surface area contributed by atoms with Crippen LogP contribution in [0.5, 0.6) is 0 Å². The van der Waals surface area contributed by atoms with E-state index in [-0.39, 0.29) is 0 Å². The molecule has 0 bridgehead atoms. The van der Waals surface area contributed by atoms with Gasteiger partial charge < -0.3 is 10.8 Å². The van der Waals surface area contributed by atoms with Crippen LogP contribution in [0.2, 0.25) is 0 Å². The van der Waals surface area contributed by atoms with E-state index in [9.17, 15) is 5.11 Å². The molecule has 1 aromatic rings. The maximum atomic E-state index is 9.90. The second-order valence-corrected chi connectivity index (χ2v) is 4.83. The van der Waals surface area contributed by atoms with Crippen LogP contribution in [0.15, 0.2) is 18.2 Å². The van der Waals surface area contributed by atoms with E-state index in [0.29, 0.717) is 13.0 Å². The Morgan fingerprint density at radius 3 is 2.80 bits per heavy atom. The summed E-state index contributed by atoms with van der Waals surface area (Å²) in [5.74, 6) is 0. The molecule has 1 unspecified atom stereocenters. The van der Waals surface area contributed by atoms with Crippen molar-refractivity contribution in [3.63, 3.8) is 0 Å². The highest BCUT2D eigenvalue weighted by atomic mass is 16.3. The second-order valence-electron chi connectivity index (χ2n) is 4.83. The number of aliphatic hydroxyl groups is 1. The zero-order valence-corrected chi connectivity index (χ0v) is 9.29. The fourth-order valence-corrected chi connectivity index (χ4v) is 2.25. The lowest BCUT2D eigenvalue weighted by Crippen LogP contribution is -2.36. The lowest BCUT2D eigenvalue weighted by molar-refractivity contribution is 0.0696. The van der Waals surface area contributed by atoms with E-state index < -0.39 is 5.60 Å². The summed E-state index contributed by atoms with van der Waals surface area (Å²) in [6, 6.07) is 6.55. The van der Waals surface area contributed by atoms with Crippen molar-refractivity contribution in [2.24, 2.45) is 5.73 Å². The van der Waals surface area contributed by atoms with E-state index in [1.54, 1.807) is 6.92 Å². The monoisotopic (exact) mass is 205 g/mol. The fraction of sp³-hybridized carbons (Fsp3) is 0.538. The third-order valence-corrected chi connectivity index (χ3v) is 3.19. The Bertz CT molecular complexity index is 358. The molecule has 0 fully saturated rings. The third-order valence-electron chi connectivity index (χ3n) is 3.19. The van der Waals surface area contributed by atoms with Gasteiger partial charge >= 0.3 is 0 Å². The van der Waals surface area contributed by atoms with Gasteiger partial charge in [-0.25, -0.2) is 0 Å². The number of hydrogen-bond acceptors (Lipinski definition) is 2.